The molecule has 2 N–H and O–H groups in total. The van der Waals surface area contributed by atoms with Gasteiger partial charge in [-0.1, -0.05) is 6.92 Å². The molecule has 0 aliphatic carbocycles. The smallest absolute Gasteiger partial charge is 0.230 e. The van der Waals surface area contributed by atoms with Gasteiger partial charge in [0.25, 0.3) is 0 Å². The van der Waals surface area contributed by atoms with E-state index in [1.165, 1.54) is 0 Å². The summed E-state index contributed by atoms with van der Waals surface area (Å²) >= 11 is 0. The maximum absolute atomic E-state index is 11.8. The zero-order valence-electron chi connectivity index (χ0n) is 8.60. The minimum atomic E-state index is 0.0213. The Morgan fingerprint density at radius 3 is 3.07 bits per heavy atom. The summed E-state index contributed by atoms with van der Waals surface area (Å²) in [4.78, 5) is 11.8. The number of anilines is 1. The molecule has 2 heterocycles. The van der Waals surface area contributed by atoms with Crippen molar-refractivity contribution < 1.29 is 4.79 Å². The van der Waals surface area contributed by atoms with Crippen molar-refractivity contribution >= 4 is 11.7 Å². The molecule has 1 amide bonds. The number of carbonyl (C=O) groups is 1. The fourth-order valence-electron chi connectivity index (χ4n) is 1.75. The number of nitrogens with zero attached hydrogens (tertiary/aromatic N) is 2. The molecule has 1 aromatic rings. The molecule has 1 aromatic heterocycles. The van der Waals surface area contributed by atoms with Crippen LogP contribution in [0.1, 0.15) is 6.92 Å². The molecule has 2 unspecified atom stereocenters. The van der Waals surface area contributed by atoms with Crippen molar-refractivity contribution in [3.8, 4) is 0 Å². The molecule has 5 heteroatoms. The van der Waals surface area contributed by atoms with Crippen LogP contribution in [0.15, 0.2) is 18.3 Å². The monoisotopic (exact) mass is 206 g/mol. The Bertz CT molecular complexity index is 341. The SMILES string of the molecule is CC1CNCC1C(=O)Nc1cccnn1. The van der Waals surface area contributed by atoms with Crippen molar-refractivity contribution in [3.05, 3.63) is 18.3 Å². The Balaban J connectivity index is 1.98. The third kappa shape index (κ3) is 2.30. The molecular formula is C10H14N4O. The van der Waals surface area contributed by atoms with E-state index in [-0.39, 0.29) is 11.8 Å². The molecular weight excluding hydrogens is 192 g/mol. The molecule has 5 nitrogen and oxygen atoms in total. The van der Waals surface area contributed by atoms with Gasteiger partial charge in [-0.25, -0.2) is 0 Å². The molecule has 1 aliphatic rings. The molecule has 15 heavy (non-hydrogen) atoms. The largest absolute Gasteiger partial charge is 0.316 e. The molecule has 0 spiro atoms. The first-order valence-electron chi connectivity index (χ1n) is 5.06. The number of amides is 1. The standard InChI is InChI=1S/C10H14N4O/c1-7-5-11-6-8(7)10(15)13-9-3-2-4-12-14-9/h2-4,7-8,11H,5-6H2,1H3,(H,13,14,15). The number of rotatable bonds is 2. The number of nitrogens with one attached hydrogen (secondary N) is 2. The lowest BCUT2D eigenvalue weighted by atomic mass is 9.97. The van der Waals surface area contributed by atoms with Gasteiger partial charge in [0.05, 0.1) is 5.92 Å². The number of hydrogen-bond acceptors (Lipinski definition) is 4. The highest BCUT2D eigenvalue weighted by Gasteiger charge is 2.29. The Morgan fingerprint density at radius 1 is 1.60 bits per heavy atom. The number of aromatic nitrogens is 2. The zero-order chi connectivity index (χ0) is 10.7. The summed E-state index contributed by atoms with van der Waals surface area (Å²) < 4.78 is 0. The van der Waals surface area contributed by atoms with Gasteiger partial charge in [-0.2, -0.15) is 5.10 Å². The second-order valence-electron chi connectivity index (χ2n) is 3.84. The summed E-state index contributed by atoms with van der Waals surface area (Å²) in [5, 5.41) is 13.5. The molecule has 80 valence electrons. The fourth-order valence-corrected chi connectivity index (χ4v) is 1.75. The van der Waals surface area contributed by atoms with Crippen molar-refractivity contribution in [1.82, 2.24) is 15.5 Å². The van der Waals surface area contributed by atoms with Gasteiger partial charge in [-0.15, -0.1) is 5.10 Å². The Hall–Kier alpha value is -1.49. The Labute approximate surface area is 88.3 Å². The van der Waals surface area contributed by atoms with Gasteiger partial charge < -0.3 is 10.6 Å². The molecule has 2 rings (SSSR count). The molecule has 1 aliphatic heterocycles. The molecule has 0 saturated carbocycles. The van der Waals surface area contributed by atoms with E-state index in [2.05, 4.69) is 27.8 Å². The summed E-state index contributed by atoms with van der Waals surface area (Å²) in [5.41, 5.74) is 0. The summed E-state index contributed by atoms with van der Waals surface area (Å²) in [6, 6.07) is 3.48. The number of hydrogen-bond donors (Lipinski definition) is 2. The maximum atomic E-state index is 11.8. The second kappa shape index (κ2) is 4.35. The molecule has 0 bridgehead atoms. The van der Waals surface area contributed by atoms with Crippen molar-refractivity contribution in [2.45, 2.75) is 6.92 Å². The van der Waals surface area contributed by atoms with Gasteiger partial charge >= 0.3 is 0 Å². The van der Waals surface area contributed by atoms with E-state index in [1.54, 1.807) is 18.3 Å². The molecule has 2 atom stereocenters. The highest BCUT2D eigenvalue weighted by atomic mass is 16.2. The average Bonchev–Trinajstić information content (AvgIpc) is 2.66. The lowest BCUT2D eigenvalue weighted by Crippen LogP contribution is -2.28. The van der Waals surface area contributed by atoms with Crippen molar-refractivity contribution in [2.24, 2.45) is 11.8 Å². The molecule has 1 saturated heterocycles. The van der Waals surface area contributed by atoms with Crippen LogP contribution < -0.4 is 10.6 Å². The van der Waals surface area contributed by atoms with Crippen LogP contribution in [0, 0.1) is 11.8 Å². The Morgan fingerprint density at radius 2 is 2.47 bits per heavy atom. The summed E-state index contributed by atoms with van der Waals surface area (Å²) in [5.74, 6) is 0.947. The summed E-state index contributed by atoms with van der Waals surface area (Å²) in [6.45, 7) is 3.72. The molecule has 1 fully saturated rings. The Kier molecular flexibility index (Phi) is 2.91. The van der Waals surface area contributed by atoms with Crippen LogP contribution in [0.3, 0.4) is 0 Å². The average molecular weight is 206 g/mol. The van der Waals surface area contributed by atoms with Crippen molar-refractivity contribution in [1.29, 1.82) is 0 Å². The first kappa shape index (κ1) is 10.0. The van der Waals surface area contributed by atoms with Crippen molar-refractivity contribution in [2.75, 3.05) is 18.4 Å². The van der Waals surface area contributed by atoms with Gasteiger partial charge in [0.15, 0.2) is 5.82 Å². The predicted octanol–water partition coefficient (Wildman–Crippen LogP) is 0.271. The number of carbonyl (C=O) groups excluding carboxylic acids is 1. The van der Waals surface area contributed by atoms with E-state index < -0.39 is 0 Å². The van der Waals surface area contributed by atoms with Crippen LogP contribution in [0.4, 0.5) is 5.82 Å². The van der Waals surface area contributed by atoms with E-state index >= 15 is 0 Å². The van der Waals surface area contributed by atoms with Crippen LogP contribution in [-0.2, 0) is 4.79 Å². The lowest BCUT2D eigenvalue weighted by molar-refractivity contribution is -0.120. The van der Waals surface area contributed by atoms with E-state index in [1.807, 2.05) is 0 Å². The highest BCUT2D eigenvalue weighted by molar-refractivity contribution is 5.92. The molecule has 0 aromatic carbocycles. The highest BCUT2D eigenvalue weighted by Crippen LogP contribution is 2.17. The summed E-state index contributed by atoms with van der Waals surface area (Å²) in [7, 11) is 0. The van der Waals surface area contributed by atoms with Crippen LogP contribution in [0.2, 0.25) is 0 Å². The van der Waals surface area contributed by atoms with Gasteiger partial charge in [0, 0.05) is 12.7 Å². The van der Waals surface area contributed by atoms with E-state index in [0.717, 1.165) is 13.1 Å². The summed E-state index contributed by atoms with van der Waals surface area (Å²) in [6.07, 6.45) is 1.58. The van der Waals surface area contributed by atoms with E-state index in [4.69, 9.17) is 0 Å². The molecule has 0 radical (unpaired) electrons. The van der Waals surface area contributed by atoms with Gasteiger partial charge in [-0.05, 0) is 24.6 Å². The van der Waals surface area contributed by atoms with Crippen molar-refractivity contribution in [3.63, 3.8) is 0 Å². The van der Waals surface area contributed by atoms with Gasteiger partial charge in [0.2, 0.25) is 5.91 Å². The van der Waals surface area contributed by atoms with E-state index in [9.17, 15) is 4.79 Å². The second-order valence-corrected chi connectivity index (χ2v) is 3.84. The van der Waals surface area contributed by atoms with E-state index in [0.29, 0.717) is 11.7 Å². The minimum Gasteiger partial charge on any atom is -0.316 e. The lowest BCUT2D eigenvalue weighted by Gasteiger charge is -2.12. The normalized spacial score (nSPS) is 25.1. The van der Waals surface area contributed by atoms with Crippen LogP contribution in [0.5, 0.6) is 0 Å². The first-order chi connectivity index (χ1) is 7.27. The van der Waals surface area contributed by atoms with Crippen LogP contribution in [0.25, 0.3) is 0 Å². The zero-order valence-corrected chi connectivity index (χ0v) is 8.60. The van der Waals surface area contributed by atoms with Crippen LogP contribution in [-0.4, -0.2) is 29.2 Å². The van der Waals surface area contributed by atoms with Crippen LogP contribution >= 0.6 is 0 Å². The minimum absolute atomic E-state index is 0.0213. The quantitative estimate of drug-likeness (QED) is 0.729. The van der Waals surface area contributed by atoms with Gasteiger partial charge in [-0.3, -0.25) is 4.79 Å². The third-order valence-corrected chi connectivity index (χ3v) is 2.68. The maximum Gasteiger partial charge on any atom is 0.230 e. The predicted molar refractivity (Wildman–Crippen MR) is 56.2 cm³/mol. The fraction of sp³-hybridized carbons (Fsp3) is 0.500. The third-order valence-electron chi connectivity index (χ3n) is 2.68. The van der Waals surface area contributed by atoms with Gasteiger partial charge in [0.1, 0.15) is 0 Å². The topological polar surface area (TPSA) is 66.9 Å². The first-order valence-corrected chi connectivity index (χ1v) is 5.06.